The van der Waals surface area contributed by atoms with E-state index in [1.54, 1.807) is 0 Å². The summed E-state index contributed by atoms with van der Waals surface area (Å²) in [4.78, 5) is 0. The Labute approximate surface area is 256 Å². The van der Waals surface area contributed by atoms with Crippen molar-refractivity contribution in [3.63, 3.8) is 0 Å². The van der Waals surface area contributed by atoms with Crippen LogP contribution in [0.1, 0.15) is 56.6 Å². The molecule has 250 valence electrons. The molecule has 5 rings (SSSR count). The Morgan fingerprint density at radius 1 is 0.739 bits per heavy atom. The standard InChI is InChI=1S/C32H27F11O3/c1-2-3-15-4-6-16(7-5-15)19-8-18-11-21(33)26(28(38)29(18)44-14-19)17-9-22(34)27(23(35)10-17)31(39,40)45-20-12-24(36)30(25(37)13-20)46-32(41,42)43/h9-13,15-16,19H,2-8,14H2,1H3/t15?,16?,19-/m0/s1. The molecule has 1 atom stereocenters. The molecule has 0 saturated heterocycles. The highest BCUT2D eigenvalue weighted by molar-refractivity contribution is 5.69. The summed E-state index contributed by atoms with van der Waals surface area (Å²) in [5, 5.41) is 0. The molecule has 0 aromatic heterocycles. The lowest BCUT2D eigenvalue weighted by molar-refractivity contribution is -0.276. The molecular formula is C32H27F11O3. The van der Waals surface area contributed by atoms with Gasteiger partial charge in [0.05, 0.1) is 12.2 Å². The molecule has 2 aliphatic rings. The summed E-state index contributed by atoms with van der Waals surface area (Å²) in [7, 11) is 0. The number of hydrogen-bond donors (Lipinski definition) is 0. The summed E-state index contributed by atoms with van der Waals surface area (Å²) in [6, 6.07) is 1.17. The van der Waals surface area contributed by atoms with Crippen molar-refractivity contribution in [3.05, 3.63) is 76.4 Å². The number of rotatable bonds is 8. The van der Waals surface area contributed by atoms with Crippen molar-refractivity contribution >= 4 is 0 Å². The van der Waals surface area contributed by atoms with E-state index in [0.29, 0.717) is 18.3 Å². The predicted octanol–water partition coefficient (Wildman–Crippen LogP) is 10.4. The highest BCUT2D eigenvalue weighted by Crippen LogP contribution is 2.45. The van der Waals surface area contributed by atoms with Crippen LogP contribution in [0.4, 0.5) is 48.3 Å². The first kappa shape index (κ1) is 33.6. The topological polar surface area (TPSA) is 27.7 Å². The third kappa shape index (κ3) is 7.00. The Balaban J connectivity index is 1.38. The normalized spacial score (nSPS) is 20.2. The molecule has 0 N–H and O–H groups in total. The molecule has 1 heterocycles. The van der Waals surface area contributed by atoms with Gasteiger partial charge in [0.1, 0.15) is 28.8 Å². The summed E-state index contributed by atoms with van der Waals surface area (Å²) in [6.07, 6.45) is -3.87. The average molecular weight is 669 g/mol. The zero-order valence-corrected chi connectivity index (χ0v) is 24.2. The molecule has 1 aliphatic heterocycles. The Hall–Kier alpha value is -3.71. The highest BCUT2D eigenvalue weighted by Gasteiger charge is 2.43. The van der Waals surface area contributed by atoms with E-state index in [1.807, 2.05) is 0 Å². The van der Waals surface area contributed by atoms with Crippen molar-refractivity contribution < 1.29 is 62.5 Å². The minimum atomic E-state index is -5.53. The molecule has 3 aromatic carbocycles. The van der Waals surface area contributed by atoms with E-state index in [0.717, 1.165) is 44.6 Å². The fraction of sp³-hybridized carbons (Fsp3) is 0.438. The minimum absolute atomic E-state index is 0.0199. The molecule has 0 bridgehead atoms. The van der Waals surface area contributed by atoms with Crippen molar-refractivity contribution in [2.24, 2.45) is 17.8 Å². The van der Waals surface area contributed by atoms with E-state index in [9.17, 15) is 39.5 Å². The second-order valence-corrected chi connectivity index (χ2v) is 11.6. The number of halogens is 11. The van der Waals surface area contributed by atoms with E-state index >= 15 is 8.78 Å². The molecule has 14 heteroatoms. The molecule has 3 nitrogen and oxygen atoms in total. The summed E-state index contributed by atoms with van der Waals surface area (Å²) < 4.78 is 168. The van der Waals surface area contributed by atoms with Gasteiger partial charge in [-0.05, 0) is 60.8 Å². The fourth-order valence-corrected chi connectivity index (χ4v) is 6.42. The van der Waals surface area contributed by atoms with Crippen molar-refractivity contribution in [2.75, 3.05) is 6.61 Å². The van der Waals surface area contributed by atoms with Crippen LogP contribution in [-0.2, 0) is 12.5 Å². The first-order valence-corrected chi connectivity index (χ1v) is 14.5. The van der Waals surface area contributed by atoms with E-state index in [-0.39, 0.29) is 48.1 Å². The lowest BCUT2D eigenvalue weighted by Crippen LogP contribution is -2.31. The van der Waals surface area contributed by atoms with Crippen LogP contribution in [0, 0.1) is 52.7 Å². The summed E-state index contributed by atoms with van der Waals surface area (Å²) in [5.74, 6) is -13.5. The largest absolute Gasteiger partial charge is 0.573 e. The summed E-state index contributed by atoms with van der Waals surface area (Å²) >= 11 is 0. The van der Waals surface area contributed by atoms with Crippen molar-refractivity contribution in [1.29, 1.82) is 0 Å². The SMILES string of the molecule is CCCC1CCC([C@@H]2COc3c(cc(F)c(-c4cc(F)c(C(F)(F)Oc5cc(F)c(OC(F)(F)F)c(F)c5)c(F)c4)c3F)C2)CC1. The maximum Gasteiger partial charge on any atom is 0.573 e. The molecule has 0 amide bonds. The van der Waals surface area contributed by atoms with Crippen molar-refractivity contribution in [1.82, 2.24) is 0 Å². The number of ether oxygens (including phenoxy) is 3. The van der Waals surface area contributed by atoms with Gasteiger partial charge in [0.25, 0.3) is 0 Å². The zero-order chi connectivity index (χ0) is 33.6. The van der Waals surface area contributed by atoms with Gasteiger partial charge < -0.3 is 14.2 Å². The van der Waals surface area contributed by atoms with Gasteiger partial charge in [0.15, 0.2) is 23.2 Å². The third-order valence-corrected chi connectivity index (χ3v) is 8.49. The average Bonchev–Trinajstić information content (AvgIpc) is 2.94. The Morgan fingerprint density at radius 3 is 1.91 bits per heavy atom. The lowest BCUT2D eigenvalue weighted by atomic mass is 9.72. The Kier molecular flexibility index (Phi) is 9.38. The molecule has 0 spiro atoms. The van der Waals surface area contributed by atoms with Crippen molar-refractivity contribution in [3.8, 4) is 28.4 Å². The Morgan fingerprint density at radius 2 is 1.35 bits per heavy atom. The monoisotopic (exact) mass is 668 g/mol. The predicted molar refractivity (Wildman–Crippen MR) is 142 cm³/mol. The van der Waals surface area contributed by atoms with Crippen molar-refractivity contribution in [2.45, 2.75) is 64.3 Å². The number of benzene rings is 3. The molecule has 46 heavy (non-hydrogen) atoms. The maximum atomic E-state index is 15.6. The first-order valence-electron chi connectivity index (χ1n) is 14.5. The quantitative estimate of drug-likeness (QED) is 0.224. The van der Waals surface area contributed by atoms with E-state index < -0.39 is 75.6 Å². The van der Waals surface area contributed by atoms with Gasteiger partial charge in [0.2, 0.25) is 5.75 Å². The fourth-order valence-electron chi connectivity index (χ4n) is 6.42. The summed E-state index contributed by atoms with van der Waals surface area (Å²) in [6.45, 7) is 2.28. The number of fused-ring (bicyclic) bond motifs is 1. The van der Waals surface area contributed by atoms with Crippen LogP contribution in [-0.4, -0.2) is 13.0 Å². The number of alkyl halides is 5. The van der Waals surface area contributed by atoms with Crippen LogP contribution in [0.15, 0.2) is 30.3 Å². The van der Waals surface area contributed by atoms with Crippen LogP contribution in [0.5, 0.6) is 17.2 Å². The van der Waals surface area contributed by atoms with Gasteiger partial charge in [-0.2, -0.15) is 8.78 Å². The second-order valence-electron chi connectivity index (χ2n) is 11.6. The second kappa shape index (κ2) is 12.8. The third-order valence-electron chi connectivity index (χ3n) is 8.49. The molecule has 0 unspecified atom stereocenters. The van der Waals surface area contributed by atoms with Gasteiger partial charge in [-0.25, -0.2) is 26.3 Å². The van der Waals surface area contributed by atoms with Crippen LogP contribution in [0.25, 0.3) is 11.1 Å². The first-order chi connectivity index (χ1) is 21.6. The van der Waals surface area contributed by atoms with E-state index in [2.05, 4.69) is 16.4 Å². The van der Waals surface area contributed by atoms with Crippen LogP contribution in [0.2, 0.25) is 0 Å². The van der Waals surface area contributed by atoms with Gasteiger partial charge >= 0.3 is 12.5 Å². The van der Waals surface area contributed by atoms with E-state index in [4.69, 9.17) is 4.74 Å². The summed E-state index contributed by atoms with van der Waals surface area (Å²) in [5.41, 5.74) is -3.60. The van der Waals surface area contributed by atoms with Gasteiger partial charge in [0, 0.05) is 17.7 Å². The maximum absolute atomic E-state index is 15.6. The smallest absolute Gasteiger partial charge is 0.490 e. The van der Waals surface area contributed by atoms with Crippen LogP contribution >= 0.6 is 0 Å². The van der Waals surface area contributed by atoms with E-state index in [1.165, 1.54) is 0 Å². The highest BCUT2D eigenvalue weighted by atomic mass is 19.4. The van der Waals surface area contributed by atoms with Crippen LogP contribution < -0.4 is 14.2 Å². The van der Waals surface area contributed by atoms with Gasteiger partial charge in [-0.1, -0.05) is 32.6 Å². The van der Waals surface area contributed by atoms with Crippen LogP contribution in [0.3, 0.4) is 0 Å². The molecule has 1 fully saturated rings. The number of hydrogen-bond acceptors (Lipinski definition) is 3. The molecular weight excluding hydrogens is 641 g/mol. The minimum Gasteiger partial charge on any atom is -0.490 e. The molecule has 1 saturated carbocycles. The Bertz CT molecular complexity index is 1550. The van der Waals surface area contributed by atoms with Gasteiger partial charge in [-0.15, -0.1) is 13.2 Å². The zero-order valence-electron chi connectivity index (χ0n) is 24.2. The molecule has 0 radical (unpaired) electrons. The molecule has 1 aliphatic carbocycles. The molecule has 3 aromatic rings. The van der Waals surface area contributed by atoms with Gasteiger partial charge in [-0.3, -0.25) is 0 Å². The lowest BCUT2D eigenvalue weighted by Gasteiger charge is -2.36.